The molecule has 1 aromatic rings. The third-order valence-electron chi connectivity index (χ3n) is 2.06. The average molecular weight is 280 g/mol. The van der Waals surface area contributed by atoms with Gasteiger partial charge in [-0.1, -0.05) is 0 Å². The van der Waals surface area contributed by atoms with E-state index in [0.717, 1.165) is 5.37 Å². The molecule has 0 aromatic heterocycles. The fraction of sp³-hybridized carbons (Fsp3) is 0.200. The van der Waals surface area contributed by atoms with E-state index in [9.17, 15) is 22.2 Å². The quantitative estimate of drug-likeness (QED) is 0.634. The molecule has 0 spiro atoms. The number of carbonyl (C=O) groups excluding carboxylic acids is 1. The molecule has 1 aromatic carbocycles. The molecule has 0 saturated heterocycles. The summed E-state index contributed by atoms with van der Waals surface area (Å²) in [5.74, 6) is -2.25. The van der Waals surface area contributed by atoms with Crippen LogP contribution in [0.15, 0.2) is 29.2 Å². The molecule has 0 radical (unpaired) electrons. The van der Waals surface area contributed by atoms with Crippen LogP contribution in [0.4, 0.5) is 18.9 Å². The summed E-state index contributed by atoms with van der Waals surface area (Å²) in [6.45, 7) is 1.30. The van der Waals surface area contributed by atoms with Crippen LogP contribution in [0.5, 0.6) is 0 Å². The van der Waals surface area contributed by atoms with Gasteiger partial charge in [0.1, 0.15) is 0 Å². The first kappa shape index (κ1) is 14.4. The summed E-state index contributed by atoms with van der Waals surface area (Å²) in [5, 5.41) is 1.02. The molecule has 0 heterocycles. The lowest BCUT2D eigenvalue weighted by Gasteiger charge is -2.14. The van der Waals surface area contributed by atoms with E-state index in [4.69, 9.17) is 5.73 Å². The highest BCUT2D eigenvalue weighted by atomic mass is 32.2. The van der Waals surface area contributed by atoms with E-state index in [0.29, 0.717) is 5.69 Å². The van der Waals surface area contributed by atoms with E-state index in [-0.39, 0.29) is 4.90 Å². The normalized spacial score (nSPS) is 14.7. The van der Waals surface area contributed by atoms with Crippen LogP contribution in [0.2, 0.25) is 0 Å². The Hall–Kier alpha value is -1.70. The maximum absolute atomic E-state index is 12.2. The molecular weight excluding hydrogens is 269 g/mol. The minimum Gasteiger partial charge on any atom is -0.399 e. The van der Waals surface area contributed by atoms with E-state index >= 15 is 0 Å². The molecule has 0 aliphatic rings. The fourth-order valence-corrected chi connectivity index (χ4v) is 2.56. The summed E-state index contributed by atoms with van der Waals surface area (Å²) in [5.41, 5.74) is 5.79. The van der Waals surface area contributed by atoms with Crippen molar-refractivity contribution in [3.05, 3.63) is 24.3 Å². The Morgan fingerprint density at radius 2 is 1.83 bits per heavy atom. The minimum absolute atomic E-state index is 0.0526. The van der Waals surface area contributed by atoms with E-state index < -0.39 is 21.8 Å². The van der Waals surface area contributed by atoms with Gasteiger partial charge in [-0.15, -0.1) is 0 Å². The number of rotatable bonds is 2. The van der Waals surface area contributed by atoms with Gasteiger partial charge in [-0.3, -0.25) is 9.52 Å². The third kappa shape index (κ3) is 3.16. The van der Waals surface area contributed by atoms with Crippen LogP contribution < -0.4 is 10.5 Å². The van der Waals surface area contributed by atoms with Crippen molar-refractivity contribution in [1.82, 2.24) is 4.72 Å². The zero-order valence-corrected chi connectivity index (χ0v) is 10.1. The number of hydrogen-bond donors (Lipinski definition) is 2. The topological polar surface area (TPSA) is 72.2 Å². The molecule has 0 saturated carbocycles. The Balaban J connectivity index is 3.13. The Bertz CT molecular complexity index is 557. The molecule has 0 fully saturated rings. The van der Waals surface area contributed by atoms with Crippen LogP contribution >= 0.6 is 0 Å². The number of alkyl halides is 3. The predicted molar refractivity (Wildman–Crippen MR) is 63.2 cm³/mol. The lowest BCUT2D eigenvalue weighted by Crippen LogP contribution is -2.41. The van der Waals surface area contributed by atoms with Crippen molar-refractivity contribution in [2.75, 3.05) is 5.73 Å². The number of anilines is 1. The number of hydrogen-bond acceptors (Lipinski definition) is 3. The van der Waals surface area contributed by atoms with Gasteiger partial charge >= 0.3 is 12.1 Å². The molecule has 0 aliphatic carbocycles. The molecule has 1 rings (SSSR count). The Morgan fingerprint density at radius 1 is 1.33 bits per heavy atom. The van der Waals surface area contributed by atoms with Crippen molar-refractivity contribution in [3.63, 3.8) is 0 Å². The molecule has 0 aliphatic heterocycles. The molecule has 1 amide bonds. The summed E-state index contributed by atoms with van der Waals surface area (Å²) in [6.07, 6.45) is -5.08. The van der Waals surface area contributed by atoms with Crippen LogP contribution in [0.3, 0.4) is 0 Å². The molecule has 1 unspecified atom stereocenters. The van der Waals surface area contributed by atoms with Crippen molar-refractivity contribution >= 4 is 26.7 Å². The second kappa shape index (κ2) is 4.89. The second-order valence-electron chi connectivity index (χ2n) is 3.33. The average Bonchev–Trinajstić information content (AvgIpc) is 2.28. The molecule has 100 valence electrons. The second-order valence-corrected chi connectivity index (χ2v) is 5.68. The molecule has 8 heteroatoms. The zero-order chi connectivity index (χ0) is 14.0. The monoisotopic (exact) mass is 280 g/mol. The lowest BCUT2D eigenvalue weighted by molar-refractivity contribution is -0.171. The summed E-state index contributed by atoms with van der Waals surface area (Å²) >= 11 is 0. The van der Waals surface area contributed by atoms with Gasteiger partial charge < -0.3 is 5.73 Å². The molecule has 18 heavy (non-hydrogen) atoms. The standard InChI is InChI=1S/C10H11F3N2O2S/c1-2-18(17,15-9(16)10(11,12)13)8-5-3-7(14)4-6-8/h2-6H,14H2,1H3,(H,15,16,17). The number of halogens is 3. The van der Waals surface area contributed by atoms with Gasteiger partial charge in [-0.05, 0) is 36.6 Å². The van der Waals surface area contributed by atoms with Crippen LogP contribution in [-0.2, 0) is 14.5 Å². The fourth-order valence-electron chi connectivity index (χ4n) is 1.12. The maximum atomic E-state index is 12.2. The van der Waals surface area contributed by atoms with Crippen LogP contribution in [0, 0.1) is 0 Å². The van der Waals surface area contributed by atoms with Crippen LogP contribution in [-0.4, -0.2) is 21.7 Å². The molecule has 0 bridgehead atoms. The molecule has 4 nitrogen and oxygen atoms in total. The van der Waals surface area contributed by atoms with Crippen molar-refractivity contribution in [2.24, 2.45) is 0 Å². The summed E-state index contributed by atoms with van der Waals surface area (Å²) < 4.78 is 50.1. The van der Waals surface area contributed by atoms with Crippen molar-refractivity contribution in [1.29, 1.82) is 0 Å². The Labute approximate surface area is 102 Å². The van der Waals surface area contributed by atoms with Crippen molar-refractivity contribution in [3.8, 4) is 0 Å². The number of nitrogens with one attached hydrogen (secondary N) is 1. The number of benzene rings is 1. The summed E-state index contributed by atoms with van der Waals surface area (Å²) in [4.78, 5) is 10.9. The van der Waals surface area contributed by atoms with Gasteiger partial charge in [-0.2, -0.15) is 13.2 Å². The number of nitrogens with two attached hydrogens (primary N) is 1. The maximum Gasteiger partial charge on any atom is 0.472 e. The van der Waals surface area contributed by atoms with Gasteiger partial charge in [0, 0.05) is 10.6 Å². The van der Waals surface area contributed by atoms with E-state index in [1.807, 2.05) is 0 Å². The summed E-state index contributed by atoms with van der Waals surface area (Å²) in [7, 11) is -3.40. The van der Waals surface area contributed by atoms with Gasteiger partial charge in [-0.25, -0.2) is 4.21 Å². The highest BCUT2D eigenvalue weighted by molar-refractivity contribution is 8.00. The number of amides is 1. The van der Waals surface area contributed by atoms with E-state index in [1.54, 1.807) is 0 Å². The summed E-state index contributed by atoms with van der Waals surface area (Å²) in [6, 6.07) is 5.37. The highest BCUT2D eigenvalue weighted by Crippen LogP contribution is 2.17. The zero-order valence-electron chi connectivity index (χ0n) is 9.32. The van der Waals surface area contributed by atoms with Gasteiger partial charge in [0.25, 0.3) is 0 Å². The SMILES string of the molecule is CC=S(=O)(NC(=O)C(F)(F)F)c1ccc(N)cc1. The first-order valence-corrected chi connectivity index (χ1v) is 6.39. The number of carbonyl (C=O) groups is 1. The van der Waals surface area contributed by atoms with Crippen molar-refractivity contribution in [2.45, 2.75) is 18.0 Å². The van der Waals surface area contributed by atoms with E-state index in [2.05, 4.69) is 0 Å². The Morgan fingerprint density at radius 3 is 2.22 bits per heavy atom. The largest absolute Gasteiger partial charge is 0.472 e. The number of nitrogen functional groups attached to an aromatic ring is 1. The van der Waals surface area contributed by atoms with Crippen molar-refractivity contribution < 1.29 is 22.2 Å². The highest BCUT2D eigenvalue weighted by Gasteiger charge is 2.40. The molecule has 1 atom stereocenters. The third-order valence-corrected chi connectivity index (χ3v) is 4.19. The van der Waals surface area contributed by atoms with E-state index in [1.165, 1.54) is 35.9 Å². The van der Waals surface area contributed by atoms with Gasteiger partial charge in [0.05, 0.1) is 9.71 Å². The van der Waals surface area contributed by atoms with Gasteiger partial charge in [0.2, 0.25) is 0 Å². The van der Waals surface area contributed by atoms with Crippen LogP contribution in [0.1, 0.15) is 6.92 Å². The van der Waals surface area contributed by atoms with Gasteiger partial charge in [0.15, 0.2) is 0 Å². The van der Waals surface area contributed by atoms with Crippen LogP contribution in [0.25, 0.3) is 0 Å². The first-order chi connectivity index (χ1) is 8.19. The molecular formula is C10H11F3N2O2S. The first-order valence-electron chi connectivity index (χ1n) is 4.77. The molecule has 3 N–H and O–H groups in total. The lowest BCUT2D eigenvalue weighted by atomic mass is 10.3. The smallest absolute Gasteiger partial charge is 0.399 e. The Kier molecular flexibility index (Phi) is 3.90. The predicted octanol–water partition coefficient (Wildman–Crippen LogP) is 1.33. The minimum atomic E-state index is -5.08.